The van der Waals surface area contributed by atoms with Gasteiger partial charge in [-0.15, -0.1) is 22.7 Å². The zero-order valence-electron chi connectivity index (χ0n) is 28.1. The molecule has 44 heavy (non-hydrogen) atoms. The smallest absolute Gasteiger partial charge is 0.164 e. The monoisotopic (exact) mass is 602 g/mol. The second-order valence-corrected chi connectivity index (χ2v) is 12.6. The predicted octanol–water partition coefficient (Wildman–Crippen LogP) is 11.3. The van der Waals surface area contributed by atoms with Gasteiger partial charge in [-0.1, -0.05) is 109 Å². The van der Waals surface area contributed by atoms with Gasteiger partial charge < -0.3 is 0 Å². The molecular formula is C39H23N3S2. The van der Waals surface area contributed by atoms with Crippen LogP contribution in [0.25, 0.3) is 85.6 Å². The maximum Gasteiger partial charge on any atom is 0.164 e. The zero-order valence-corrected chi connectivity index (χ0v) is 24.7. The van der Waals surface area contributed by atoms with Gasteiger partial charge in [0.25, 0.3) is 0 Å². The van der Waals surface area contributed by atoms with Crippen molar-refractivity contribution in [3.05, 3.63) is 139 Å². The van der Waals surface area contributed by atoms with E-state index in [1.807, 2.05) is 47.7 Å². The summed E-state index contributed by atoms with van der Waals surface area (Å²) in [7, 11) is 0. The molecule has 9 aromatic rings. The van der Waals surface area contributed by atoms with Crippen LogP contribution in [0.4, 0.5) is 0 Å². The molecule has 206 valence electrons. The van der Waals surface area contributed by atoms with Gasteiger partial charge in [0.1, 0.15) is 0 Å². The summed E-state index contributed by atoms with van der Waals surface area (Å²) in [5, 5.41) is 4.72. The molecule has 3 nitrogen and oxygen atoms in total. The van der Waals surface area contributed by atoms with Gasteiger partial charge in [0.15, 0.2) is 17.5 Å². The van der Waals surface area contributed by atoms with Crippen LogP contribution < -0.4 is 0 Å². The first-order valence-electron chi connectivity index (χ1n) is 16.6. The Balaban J connectivity index is 1.29. The summed E-state index contributed by atoms with van der Waals surface area (Å²) in [6.45, 7) is 0. The molecule has 0 atom stereocenters. The first kappa shape index (κ1) is 20.6. The minimum absolute atomic E-state index is 0.0215. The number of benzene rings is 6. The topological polar surface area (TPSA) is 38.7 Å². The molecule has 0 saturated heterocycles. The fourth-order valence-corrected chi connectivity index (χ4v) is 8.19. The van der Waals surface area contributed by atoms with Gasteiger partial charge in [-0.25, -0.2) is 15.0 Å². The summed E-state index contributed by atoms with van der Waals surface area (Å²) in [6, 6.07) is 35.0. The van der Waals surface area contributed by atoms with Crippen molar-refractivity contribution in [1.82, 2.24) is 15.0 Å². The number of rotatable bonds is 4. The Kier molecular flexibility index (Phi) is 4.78. The third-order valence-corrected chi connectivity index (χ3v) is 10.2. The predicted molar refractivity (Wildman–Crippen MR) is 187 cm³/mol. The molecular weight excluding hydrogens is 575 g/mol. The van der Waals surface area contributed by atoms with Crippen molar-refractivity contribution in [3.63, 3.8) is 0 Å². The molecule has 0 bridgehead atoms. The number of nitrogens with zero attached hydrogens (tertiary/aromatic N) is 3. The second-order valence-electron chi connectivity index (χ2n) is 10.4. The van der Waals surface area contributed by atoms with E-state index in [2.05, 4.69) is 77.8 Å². The molecule has 3 aromatic heterocycles. The van der Waals surface area contributed by atoms with Gasteiger partial charge in [-0.2, -0.15) is 0 Å². The molecule has 0 N–H and O–H groups in total. The van der Waals surface area contributed by atoms with Crippen LogP contribution in [-0.2, 0) is 0 Å². The molecule has 0 fully saturated rings. The van der Waals surface area contributed by atoms with Crippen molar-refractivity contribution >= 4 is 63.0 Å². The normalized spacial score (nSPS) is 13.2. The highest BCUT2D eigenvalue weighted by molar-refractivity contribution is 7.26. The first-order valence-corrected chi connectivity index (χ1v) is 15.8. The zero-order chi connectivity index (χ0) is 33.4. The van der Waals surface area contributed by atoms with Crippen LogP contribution in [0.15, 0.2) is 139 Å². The third kappa shape index (κ3) is 4.13. The Labute approximate surface area is 268 Å². The molecule has 5 heteroatoms. The van der Waals surface area contributed by atoms with Crippen molar-refractivity contribution in [2.45, 2.75) is 0 Å². The van der Waals surface area contributed by atoms with E-state index in [9.17, 15) is 0 Å². The maximum atomic E-state index is 8.63. The van der Waals surface area contributed by atoms with Crippen LogP contribution in [0.3, 0.4) is 0 Å². The molecule has 0 aliphatic carbocycles. The van der Waals surface area contributed by atoms with Crippen molar-refractivity contribution in [2.75, 3.05) is 0 Å². The molecule has 9 rings (SSSR count). The average molecular weight is 603 g/mol. The van der Waals surface area contributed by atoms with Crippen LogP contribution in [0.2, 0.25) is 0 Å². The quantitative estimate of drug-likeness (QED) is 0.201. The fourth-order valence-electron chi connectivity index (χ4n) is 5.84. The summed E-state index contributed by atoms with van der Waals surface area (Å²) in [5.74, 6) is 0.717. The van der Waals surface area contributed by atoms with Crippen LogP contribution in [0.1, 0.15) is 6.85 Å². The summed E-state index contributed by atoms with van der Waals surface area (Å²) < 4.78 is 46.7. The van der Waals surface area contributed by atoms with Crippen molar-refractivity contribution in [3.8, 4) is 45.3 Å². The number of hydrogen-bond acceptors (Lipinski definition) is 5. The van der Waals surface area contributed by atoms with Crippen molar-refractivity contribution < 1.29 is 6.85 Å². The minimum Gasteiger partial charge on any atom is -0.208 e. The molecule has 0 saturated carbocycles. The fraction of sp³-hybridized carbons (Fsp3) is 0. The lowest BCUT2D eigenvalue weighted by Gasteiger charge is -2.09. The lowest BCUT2D eigenvalue weighted by atomic mass is 9.97. The number of hydrogen-bond donors (Lipinski definition) is 0. The molecule has 0 aliphatic heterocycles. The Hall–Kier alpha value is -5.23. The number of aromatic nitrogens is 3. The summed E-state index contributed by atoms with van der Waals surface area (Å²) in [4.78, 5) is 14.3. The third-order valence-electron chi connectivity index (χ3n) is 7.84. The SMILES string of the molecule is [2H]c1c([2H])c([2H])c(-c2nc(-c3ccccc3)nc(-c3ccc4sc5cccc(-c6cccc7c6sc6ccccc67)c5c4c3)n2)c([2H])c1[2H]. The maximum absolute atomic E-state index is 8.63. The van der Waals surface area contributed by atoms with Gasteiger partial charge in [-0.3, -0.25) is 0 Å². The van der Waals surface area contributed by atoms with Crippen LogP contribution >= 0.6 is 22.7 Å². The molecule has 0 aliphatic rings. The minimum atomic E-state index is -0.465. The Morgan fingerprint density at radius 3 is 1.98 bits per heavy atom. The van der Waals surface area contributed by atoms with E-state index in [-0.39, 0.29) is 23.5 Å². The van der Waals surface area contributed by atoms with Crippen LogP contribution in [0.5, 0.6) is 0 Å². The van der Waals surface area contributed by atoms with E-state index in [1.54, 1.807) is 11.3 Å². The Bertz CT molecular complexity index is 2760. The van der Waals surface area contributed by atoms with Gasteiger partial charge in [0.2, 0.25) is 0 Å². The van der Waals surface area contributed by atoms with Crippen molar-refractivity contribution in [2.24, 2.45) is 0 Å². The van der Waals surface area contributed by atoms with Crippen LogP contribution in [0, 0.1) is 0 Å². The largest absolute Gasteiger partial charge is 0.208 e. The highest BCUT2D eigenvalue weighted by atomic mass is 32.1. The summed E-state index contributed by atoms with van der Waals surface area (Å²) in [5.41, 5.74) is 3.73. The second kappa shape index (κ2) is 10.2. The van der Waals surface area contributed by atoms with Crippen molar-refractivity contribution in [1.29, 1.82) is 0 Å². The number of fused-ring (bicyclic) bond motifs is 6. The van der Waals surface area contributed by atoms with E-state index in [0.717, 1.165) is 32.2 Å². The lowest BCUT2D eigenvalue weighted by Crippen LogP contribution is -2.00. The van der Waals surface area contributed by atoms with Gasteiger partial charge in [0.05, 0.1) is 6.85 Å². The summed E-state index contributed by atoms with van der Waals surface area (Å²) >= 11 is 3.55. The van der Waals surface area contributed by atoms with E-state index >= 15 is 0 Å². The Morgan fingerprint density at radius 1 is 0.455 bits per heavy atom. The molecule has 0 radical (unpaired) electrons. The van der Waals surface area contributed by atoms with Gasteiger partial charge in [-0.05, 0) is 35.9 Å². The van der Waals surface area contributed by atoms with Crippen LogP contribution in [-0.4, -0.2) is 15.0 Å². The molecule has 3 heterocycles. The standard InChI is InChI=1S/C39H23N3S2/c1-3-11-24(12-4-1)37-40-38(25-13-5-2-6-14-25)42-39(41-37)26-21-22-33-31(23-26)35-28(16-10-20-34(35)43-33)30-18-9-17-29-27-15-7-8-19-32(27)44-36(29)30/h1-23H/i1D,3D,4D,11D,12D. The molecule has 0 unspecified atom stereocenters. The van der Waals surface area contributed by atoms with E-state index in [4.69, 9.17) is 16.8 Å². The first-order chi connectivity index (χ1) is 23.9. The van der Waals surface area contributed by atoms with E-state index in [1.165, 1.54) is 30.4 Å². The molecule has 6 aromatic carbocycles. The Morgan fingerprint density at radius 2 is 1.11 bits per heavy atom. The highest BCUT2D eigenvalue weighted by Gasteiger charge is 2.17. The highest BCUT2D eigenvalue weighted by Crippen LogP contribution is 2.45. The van der Waals surface area contributed by atoms with E-state index < -0.39 is 18.1 Å². The molecule has 0 spiro atoms. The van der Waals surface area contributed by atoms with E-state index in [0.29, 0.717) is 11.6 Å². The number of thiophene rings is 2. The summed E-state index contributed by atoms with van der Waals surface area (Å²) in [6.07, 6.45) is 0. The molecule has 0 amide bonds. The van der Waals surface area contributed by atoms with Gasteiger partial charge >= 0.3 is 0 Å². The lowest BCUT2D eigenvalue weighted by molar-refractivity contribution is 1.07. The average Bonchev–Trinajstić information content (AvgIpc) is 3.72. The van der Waals surface area contributed by atoms with Gasteiger partial charge in [0, 0.05) is 62.6 Å².